The predicted molar refractivity (Wildman–Crippen MR) is 129 cm³/mol. The first-order valence-corrected chi connectivity index (χ1v) is 11.3. The van der Waals surface area contributed by atoms with E-state index in [0.29, 0.717) is 38.7 Å². The van der Waals surface area contributed by atoms with E-state index in [9.17, 15) is 4.79 Å². The van der Waals surface area contributed by atoms with Gasteiger partial charge < -0.3 is 0 Å². The lowest BCUT2D eigenvalue weighted by molar-refractivity contribution is 0.102. The number of carbonyl (C=O) groups is 1. The second kappa shape index (κ2) is 9.32. The third kappa shape index (κ3) is 4.82. The minimum atomic E-state index is -0.317. The van der Waals surface area contributed by atoms with Gasteiger partial charge in [-0.05, 0) is 29.8 Å². The summed E-state index contributed by atoms with van der Waals surface area (Å²) in [4.78, 5) is 17.5. The van der Waals surface area contributed by atoms with Crippen LogP contribution in [0, 0.1) is 0 Å². The van der Waals surface area contributed by atoms with Gasteiger partial charge in [0.2, 0.25) is 5.13 Å². The molecule has 0 fully saturated rings. The Bertz CT molecular complexity index is 1380. The average Bonchev–Trinajstić information content (AvgIpc) is 3.48. The van der Waals surface area contributed by atoms with Gasteiger partial charge in [0.15, 0.2) is 5.01 Å². The van der Waals surface area contributed by atoms with Crippen LogP contribution in [0.5, 0.6) is 0 Å². The van der Waals surface area contributed by atoms with Crippen molar-refractivity contribution in [2.75, 3.05) is 5.32 Å². The highest BCUT2D eigenvalue weighted by atomic mass is 35.5. The number of hydrogen-bond acceptors (Lipinski definition) is 6. The second-order valence-corrected chi connectivity index (χ2v) is 8.58. The number of aromatic nitrogens is 5. The van der Waals surface area contributed by atoms with Crippen molar-refractivity contribution >= 4 is 34.0 Å². The van der Waals surface area contributed by atoms with Gasteiger partial charge in [-0.25, -0.2) is 0 Å². The van der Waals surface area contributed by atoms with E-state index >= 15 is 0 Å². The third-order valence-electron chi connectivity index (χ3n) is 4.84. The molecule has 0 aliphatic carbocycles. The van der Waals surface area contributed by atoms with Crippen molar-refractivity contribution in [3.05, 3.63) is 101 Å². The molecule has 2 aromatic carbocycles. The SMILES string of the molecule is O=C(Nc1nnc(-c2ccccn2)s1)c1cn(Cc2ccccc2)nc1-c1ccc(Cl)cc1. The smallest absolute Gasteiger partial charge is 0.261 e. The fourth-order valence-electron chi connectivity index (χ4n) is 3.29. The van der Waals surface area contributed by atoms with E-state index in [1.54, 1.807) is 29.2 Å². The van der Waals surface area contributed by atoms with Crippen molar-refractivity contribution in [1.82, 2.24) is 25.0 Å². The molecule has 0 radical (unpaired) electrons. The maximum Gasteiger partial charge on any atom is 0.261 e. The zero-order valence-electron chi connectivity index (χ0n) is 17.2. The first-order chi connectivity index (χ1) is 16.2. The maximum atomic E-state index is 13.2. The summed E-state index contributed by atoms with van der Waals surface area (Å²) in [5.41, 5.74) is 3.58. The molecule has 1 amide bonds. The standard InChI is InChI=1S/C24H17ClN6OS/c25-18-11-9-17(10-12-18)21-19(15-31(30-21)14-16-6-2-1-3-7-16)22(32)27-24-29-28-23(33-24)20-8-4-5-13-26-20/h1-13,15H,14H2,(H,27,29,32). The number of rotatable bonds is 6. The number of anilines is 1. The molecule has 0 aliphatic rings. The molecule has 0 unspecified atom stereocenters. The number of amides is 1. The quantitative estimate of drug-likeness (QED) is 0.356. The number of nitrogens with zero attached hydrogens (tertiary/aromatic N) is 5. The Morgan fingerprint density at radius 3 is 2.52 bits per heavy atom. The molecule has 3 heterocycles. The molecule has 5 aromatic rings. The van der Waals surface area contributed by atoms with E-state index in [1.807, 2.05) is 60.7 Å². The van der Waals surface area contributed by atoms with Gasteiger partial charge in [0.25, 0.3) is 5.91 Å². The Balaban J connectivity index is 1.45. The summed E-state index contributed by atoms with van der Waals surface area (Å²) in [6, 6.07) is 22.7. The highest BCUT2D eigenvalue weighted by Crippen LogP contribution is 2.28. The Hall–Kier alpha value is -3.88. The molecule has 0 aliphatic heterocycles. The monoisotopic (exact) mass is 472 g/mol. The van der Waals surface area contributed by atoms with Crippen molar-refractivity contribution in [3.8, 4) is 22.0 Å². The predicted octanol–water partition coefficient (Wildman–Crippen LogP) is 5.42. The van der Waals surface area contributed by atoms with E-state index < -0.39 is 0 Å². The minimum absolute atomic E-state index is 0.317. The molecule has 0 bridgehead atoms. The van der Waals surface area contributed by atoms with E-state index in [4.69, 9.17) is 16.7 Å². The minimum Gasteiger partial charge on any atom is -0.296 e. The number of halogens is 1. The van der Waals surface area contributed by atoms with Crippen LogP contribution in [0.15, 0.2) is 85.2 Å². The molecular weight excluding hydrogens is 456 g/mol. The first-order valence-electron chi connectivity index (χ1n) is 10.1. The van der Waals surface area contributed by atoms with Crippen LogP contribution in [0.25, 0.3) is 22.0 Å². The van der Waals surface area contributed by atoms with Gasteiger partial charge >= 0.3 is 0 Å². The molecule has 7 nitrogen and oxygen atoms in total. The Morgan fingerprint density at radius 2 is 1.76 bits per heavy atom. The molecule has 0 saturated heterocycles. The van der Waals surface area contributed by atoms with Gasteiger partial charge in [0, 0.05) is 23.0 Å². The van der Waals surface area contributed by atoms with Gasteiger partial charge in [-0.3, -0.25) is 19.8 Å². The largest absolute Gasteiger partial charge is 0.296 e. The van der Waals surface area contributed by atoms with Crippen molar-refractivity contribution in [2.24, 2.45) is 0 Å². The molecule has 1 N–H and O–H groups in total. The fourth-order valence-corrected chi connectivity index (χ4v) is 4.13. The van der Waals surface area contributed by atoms with Crippen LogP contribution >= 0.6 is 22.9 Å². The molecule has 0 atom stereocenters. The molecule has 3 aromatic heterocycles. The fraction of sp³-hybridized carbons (Fsp3) is 0.0417. The Kier molecular flexibility index (Phi) is 5.93. The van der Waals surface area contributed by atoms with E-state index in [2.05, 4.69) is 20.5 Å². The summed E-state index contributed by atoms with van der Waals surface area (Å²) < 4.78 is 1.76. The summed E-state index contributed by atoms with van der Waals surface area (Å²) >= 11 is 7.31. The van der Waals surface area contributed by atoms with E-state index in [0.717, 1.165) is 11.1 Å². The molecule has 0 saturated carbocycles. The highest BCUT2D eigenvalue weighted by molar-refractivity contribution is 7.18. The maximum absolute atomic E-state index is 13.2. The zero-order chi connectivity index (χ0) is 22.6. The number of hydrogen-bond donors (Lipinski definition) is 1. The van der Waals surface area contributed by atoms with Gasteiger partial charge in [-0.2, -0.15) is 5.10 Å². The lowest BCUT2D eigenvalue weighted by Gasteiger charge is -2.02. The van der Waals surface area contributed by atoms with Crippen LogP contribution in [-0.2, 0) is 6.54 Å². The number of nitrogens with one attached hydrogen (secondary N) is 1. The first kappa shape index (κ1) is 21.0. The third-order valence-corrected chi connectivity index (χ3v) is 5.95. The van der Waals surface area contributed by atoms with E-state index in [-0.39, 0.29) is 5.91 Å². The summed E-state index contributed by atoms with van der Waals surface area (Å²) in [6.07, 6.45) is 3.43. The van der Waals surface area contributed by atoms with Gasteiger partial charge in [0.05, 0.1) is 12.1 Å². The normalized spacial score (nSPS) is 10.8. The van der Waals surface area contributed by atoms with Crippen LogP contribution in [0.1, 0.15) is 15.9 Å². The second-order valence-electron chi connectivity index (χ2n) is 7.16. The van der Waals surface area contributed by atoms with Crippen LogP contribution in [-0.4, -0.2) is 30.9 Å². The van der Waals surface area contributed by atoms with Gasteiger partial charge in [0.1, 0.15) is 11.4 Å². The topological polar surface area (TPSA) is 85.6 Å². The van der Waals surface area contributed by atoms with Crippen molar-refractivity contribution in [1.29, 1.82) is 0 Å². The number of carbonyl (C=O) groups excluding carboxylic acids is 1. The van der Waals surface area contributed by atoms with Crippen molar-refractivity contribution < 1.29 is 4.79 Å². The molecular formula is C24H17ClN6OS. The summed E-state index contributed by atoms with van der Waals surface area (Å²) in [5, 5.41) is 17.4. The Morgan fingerprint density at radius 1 is 0.970 bits per heavy atom. The lowest BCUT2D eigenvalue weighted by Crippen LogP contribution is -2.12. The molecule has 33 heavy (non-hydrogen) atoms. The van der Waals surface area contributed by atoms with Gasteiger partial charge in [-0.15, -0.1) is 10.2 Å². The lowest BCUT2D eigenvalue weighted by atomic mass is 10.1. The number of benzene rings is 2. The van der Waals surface area contributed by atoms with Crippen LogP contribution < -0.4 is 5.32 Å². The van der Waals surface area contributed by atoms with Crippen LogP contribution in [0.2, 0.25) is 5.02 Å². The molecule has 9 heteroatoms. The number of pyridine rings is 1. The summed E-state index contributed by atoms with van der Waals surface area (Å²) in [7, 11) is 0. The Labute approximate surface area is 198 Å². The van der Waals surface area contributed by atoms with Crippen molar-refractivity contribution in [2.45, 2.75) is 6.54 Å². The summed E-state index contributed by atoms with van der Waals surface area (Å²) in [5.74, 6) is -0.317. The molecule has 0 spiro atoms. The van der Waals surface area contributed by atoms with Crippen LogP contribution in [0.3, 0.4) is 0 Å². The zero-order valence-corrected chi connectivity index (χ0v) is 18.8. The molecule has 162 valence electrons. The van der Waals surface area contributed by atoms with Gasteiger partial charge in [-0.1, -0.05) is 71.5 Å². The highest BCUT2D eigenvalue weighted by Gasteiger charge is 2.20. The summed E-state index contributed by atoms with van der Waals surface area (Å²) in [6.45, 7) is 0.539. The molecule has 5 rings (SSSR count). The average molecular weight is 473 g/mol. The van der Waals surface area contributed by atoms with E-state index in [1.165, 1.54) is 11.3 Å². The van der Waals surface area contributed by atoms with Crippen LogP contribution in [0.4, 0.5) is 5.13 Å². The van der Waals surface area contributed by atoms with Crippen molar-refractivity contribution in [3.63, 3.8) is 0 Å².